The van der Waals surface area contributed by atoms with E-state index in [-0.39, 0.29) is 5.91 Å². The fourth-order valence-electron chi connectivity index (χ4n) is 2.36. The SMILES string of the molecule is CCC(C#N)(CC)C(=O)N(Cc1cccs1)C1CC1. The third kappa shape index (κ3) is 2.82. The summed E-state index contributed by atoms with van der Waals surface area (Å²) in [6, 6.07) is 6.68. The van der Waals surface area contributed by atoms with Crippen LogP contribution >= 0.6 is 11.3 Å². The maximum Gasteiger partial charge on any atom is 0.243 e. The zero-order valence-electron chi connectivity index (χ0n) is 11.6. The third-order valence-corrected chi connectivity index (χ3v) is 4.85. The summed E-state index contributed by atoms with van der Waals surface area (Å²) in [5.74, 6) is 0.0240. The van der Waals surface area contributed by atoms with Crippen molar-refractivity contribution in [3.63, 3.8) is 0 Å². The zero-order chi connectivity index (χ0) is 13.9. The predicted molar refractivity (Wildman–Crippen MR) is 76.5 cm³/mol. The maximum absolute atomic E-state index is 12.8. The normalized spacial score (nSPS) is 15.0. The fourth-order valence-corrected chi connectivity index (χ4v) is 3.06. The number of thiophene rings is 1. The number of rotatable bonds is 6. The lowest BCUT2D eigenvalue weighted by Crippen LogP contribution is -2.43. The Bertz CT molecular complexity index is 467. The van der Waals surface area contributed by atoms with E-state index in [9.17, 15) is 10.1 Å². The summed E-state index contributed by atoms with van der Waals surface area (Å²) in [4.78, 5) is 15.9. The van der Waals surface area contributed by atoms with Gasteiger partial charge >= 0.3 is 0 Å². The van der Waals surface area contributed by atoms with Gasteiger partial charge in [0.05, 0.1) is 12.6 Å². The Morgan fingerprint density at radius 2 is 2.21 bits per heavy atom. The second kappa shape index (κ2) is 5.75. The first kappa shape index (κ1) is 14.1. The highest BCUT2D eigenvalue weighted by atomic mass is 32.1. The molecule has 102 valence electrons. The maximum atomic E-state index is 12.8. The van der Waals surface area contributed by atoms with Gasteiger partial charge in [-0.15, -0.1) is 11.3 Å². The van der Waals surface area contributed by atoms with Gasteiger partial charge in [0.25, 0.3) is 0 Å². The molecular formula is C15H20N2OS. The second-order valence-electron chi connectivity index (χ2n) is 5.14. The predicted octanol–water partition coefficient (Wildman–Crippen LogP) is 3.57. The van der Waals surface area contributed by atoms with E-state index in [1.807, 2.05) is 30.2 Å². The lowest BCUT2D eigenvalue weighted by atomic mass is 9.82. The van der Waals surface area contributed by atoms with Crippen LogP contribution in [0.1, 0.15) is 44.4 Å². The molecule has 0 spiro atoms. The van der Waals surface area contributed by atoms with Crippen molar-refractivity contribution in [2.75, 3.05) is 0 Å². The van der Waals surface area contributed by atoms with Crippen molar-refractivity contribution in [3.05, 3.63) is 22.4 Å². The number of hydrogen-bond acceptors (Lipinski definition) is 3. The van der Waals surface area contributed by atoms with Crippen LogP contribution < -0.4 is 0 Å². The molecule has 3 nitrogen and oxygen atoms in total. The molecule has 0 aromatic carbocycles. The summed E-state index contributed by atoms with van der Waals surface area (Å²) >= 11 is 1.67. The van der Waals surface area contributed by atoms with Crippen LogP contribution in [0.5, 0.6) is 0 Å². The van der Waals surface area contributed by atoms with Crippen LogP contribution in [-0.4, -0.2) is 16.8 Å². The quantitative estimate of drug-likeness (QED) is 0.797. The molecule has 1 fully saturated rings. The molecule has 0 atom stereocenters. The van der Waals surface area contributed by atoms with Crippen molar-refractivity contribution in [2.24, 2.45) is 5.41 Å². The number of amides is 1. The van der Waals surface area contributed by atoms with Crippen molar-refractivity contribution < 1.29 is 4.79 Å². The van der Waals surface area contributed by atoms with E-state index < -0.39 is 5.41 Å². The molecule has 0 unspecified atom stereocenters. The molecule has 1 saturated carbocycles. The monoisotopic (exact) mass is 276 g/mol. The molecule has 0 N–H and O–H groups in total. The Kier molecular flexibility index (Phi) is 4.26. The van der Waals surface area contributed by atoms with Gasteiger partial charge in [0.1, 0.15) is 5.41 Å². The number of carbonyl (C=O) groups excluding carboxylic acids is 1. The highest BCUT2D eigenvalue weighted by Gasteiger charge is 2.43. The summed E-state index contributed by atoms with van der Waals surface area (Å²) in [6.07, 6.45) is 3.33. The average molecular weight is 276 g/mol. The van der Waals surface area contributed by atoms with Gasteiger partial charge < -0.3 is 4.90 Å². The Morgan fingerprint density at radius 3 is 2.63 bits per heavy atom. The van der Waals surface area contributed by atoms with Gasteiger partial charge in [-0.2, -0.15) is 5.26 Å². The molecule has 4 heteroatoms. The van der Waals surface area contributed by atoms with Crippen LogP contribution in [0.2, 0.25) is 0 Å². The van der Waals surface area contributed by atoms with Crippen molar-refractivity contribution >= 4 is 17.2 Å². The molecule has 1 aromatic heterocycles. The van der Waals surface area contributed by atoms with E-state index in [1.165, 1.54) is 4.88 Å². The fraction of sp³-hybridized carbons (Fsp3) is 0.600. The van der Waals surface area contributed by atoms with Crippen LogP contribution in [0.4, 0.5) is 0 Å². The van der Waals surface area contributed by atoms with Crippen LogP contribution in [-0.2, 0) is 11.3 Å². The molecule has 1 amide bonds. The van der Waals surface area contributed by atoms with E-state index in [2.05, 4.69) is 12.1 Å². The first-order valence-electron chi connectivity index (χ1n) is 6.91. The van der Waals surface area contributed by atoms with Gasteiger partial charge in [-0.05, 0) is 37.1 Å². The third-order valence-electron chi connectivity index (χ3n) is 3.99. The zero-order valence-corrected chi connectivity index (χ0v) is 12.4. The van der Waals surface area contributed by atoms with Crippen LogP contribution in [0.15, 0.2) is 17.5 Å². The van der Waals surface area contributed by atoms with E-state index in [1.54, 1.807) is 11.3 Å². The summed E-state index contributed by atoms with van der Waals surface area (Å²) < 4.78 is 0. The topological polar surface area (TPSA) is 44.1 Å². The average Bonchev–Trinajstić information content (AvgIpc) is 3.15. The summed E-state index contributed by atoms with van der Waals surface area (Å²) in [5.41, 5.74) is -0.833. The number of hydrogen-bond donors (Lipinski definition) is 0. The molecule has 1 aromatic rings. The standard InChI is InChI=1S/C15H20N2OS/c1-3-15(4-2,11-16)14(18)17(12-7-8-12)10-13-6-5-9-19-13/h5-6,9,12H,3-4,7-8,10H2,1-2H3. The smallest absolute Gasteiger partial charge is 0.243 e. The highest BCUT2D eigenvalue weighted by Crippen LogP contribution is 2.36. The summed E-state index contributed by atoms with van der Waals surface area (Å²) in [5, 5.41) is 11.5. The van der Waals surface area contributed by atoms with Gasteiger partial charge in [0.2, 0.25) is 5.91 Å². The van der Waals surface area contributed by atoms with Gasteiger partial charge in [0.15, 0.2) is 0 Å². The molecule has 0 aliphatic heterocycles. The Labute approximate surface area is 118 Å². The van der Waals surface area contributed by atoms with Gasteiger partial charge in [-0.25, -0.2) is 0 Å². The Hall–Kier alpha value is -1.34. The lowest BCUT2D eigenvalue weighted by Gasteiger charge is -2.31. The van der Waals surface area contributed by atoms with E-state index in [0.29, 0.717) is 25.4 Å². The molecule has 1 aliphatic carbocycles. The molecular weight excluding hydrogens is 256 g/mol. The molecule has 0 saturated heterocycles. The second-order valence-corrected chi connectivity index (χ2v) is 6.18. The molecule has 2 rings (SSSR count). The molecule has 19 heavy (non-hydrogen) atoms. The Morgan fingerprint density at radius 1 is 1.53 bits per heavy atom. The van der Waals surface area contributed by atoms with Gasteiger partial charge in [0, 0.05) is 10.9 Å². The van der Waals surface area contributed by atoms with Crippen LogP contribution in [0, 0.1) is 16.7 Å². The largest absolute Gasteiger partial charge is 0.333 e. The highest BCUT2D eigenvalue weighted by molar-refractivity contribution is 7.09. The van der Waals surface area contributed by atoms with Crippen LogP contribution in [0.25, 0.3) is 0 Å². The molecule has 1 aliphatic rings. The minimum Gasteiger partial charge on any atom is -0.333 e. The number of carbonyl (C=O) groups is 1. The minimum absolute atomic E-state index is 0.0240. The molecule has 0 bridgehead atoms. The first-order valence-corrected chi connectivity index (χ1v) is 7.79. The summed E-state index contributed by atoms with van der Waals surface area (Å²) in [6.45, 7) is 4.52. The van der Waals surface area contributed by atoms with Crippen molar-refractivity contribution in [1.29, 1.82) is 5.26 Å². The summed E-state index contributed by atoms with van der Waals surface area (Å²) in [7, 11) is 0. The van der Waals surface area contributed by atoms with Crippen molar-refractivity contribution in [1.82, 2.24) is 4.90 Å². The number of nitriles is 1. The Balaban J connectivity index is 2.19. The minimum atomic E-state index is -0.833. The van der Waals surface area contributed by atoms with E-state index in [0.717, 1.165) is 12.8 Å². The van der Waals surface area contributed by atoms with Gasteiger partial charge in [-0.1, -0.05) is 19.9 Å². The van der Waals surface area contributed by atoms with Crippen molar-refractivity contribution in [3.8, 4) is 6.07 Å². The van der Waals surface area contributed by atoms with E-state index in [4.69, 9.17) is 0 Å². The van der Waals surface area contributed by atoms with Crippen molar-refractivity contribution in [2.45, 2.75) is 52.1 Å². The van der Waals surface area contributed by atoms with Crippen LogP contribution in [0.3, 0.4) is 0 Å². The lowest BCUT2D eigenvalue weighted by molar-refractivity contribution is -0.140. The first-order chi connectivity index (χ1) is 9.16. The van der Waals surface area contributed by atoms with E-state index >= 15 is 0 Å². The number of nitrogens with zero attached hydrogens (tertiary/aromatic N) is 2. The molecule has 0 radical (unpaired) electrons. The van der Waals surface area contributed by atoms with Gasteiger partial charge in [-0.3, -0.25) is 4.79 Å². The molecule has 1 heterocycles.